The fourth-order valence-electron chi connectivity index (χ4n) is 5.45. The number of nitriles is 1. The van der Waals surface area contributed by atoms with Crippen LogP contribution >= 0.6 is 0 Å². The quantitative estimate of drug-likeness (QED) is 0.357. The van der Waals surface area contributed by atoms with E-state index in [0.717, 1.165) is 17.3 Å². The first-order chi connectivity index (χ1) is 18.2. The van der Waals surface area contributed by atoms with Gasteiger partial charge in [0.25, 0.3) is 0 Å². The molecule has 1 saturated heterocycles. The predicted octanol–water partition coefficient (Wildman–Crippen LogP) is 5.30. The number of aryl methyl sites for hydroxylation is 1. The van der Waals surface area contributed by atoms with E-state index >= 15 is 0 Å². The maximum atomic E-state index is 13.8. The Balaban J connectivity index is 1.54. The molecule has 1 aliphatic rings. The number of ether oxygens (including phenoxy) is 1. The van der Waals surface area contributed by atoms with Gasteiger partial charge < -0.3 is 9.64 Å². The van der Waals surface area contributed by atoms with Gasteiger partial charge >= 0.3 is 11.9 Å². The van der Waals surface area contributed by atoms with E-state index in [-0.39, 0.29) is 23.8 Å². The molecule has 2 aromatic carbocycles. The normalized spacial score (nSPS) is 14.6. The number of imidazole rings is 1. The van der Waals surface area contributed by atoms with Gasteiger partial charge in [-0.1, -0.05) is 24.3 Å². The molecule has 2 aromatic heterocycles. The predicted molar refractivity (Wildman–Crippen MR) is 137 cm³/mol. The smallest absolute Gasteiger partial charge is 0.416 e. The van der Waals surface area contributed by atoms with Gasteiger partial charge in [0.1, 0.15) is 17.3 Å². The summed E-state index contributed by atoms with van der Waals surface area (Å²) in [6.07, 6.45) is -1.69. The standard InChI is InChI=1S/C28H26F3N5O2/c1-18-10-13-33-22(16-32)25(18)34-14-11-20(12-15-34)36-23-8-5-9-24(38-2)26(23)35(27(36)37)17-19-6-3-4-7-21(19)28(29,30)31/h3-10,13,20H,11-12,14-15,17H2,1-2H3. The number of anilines is 1. The number of hydrogen-bond donors (Lipinski definition) is 0. The summed E-state index contributed by atoms with van der Waals surface area (Å²) in [5.41, 5.74) is 2.07. The molecule has 0 aliphatic carbocycles. The Kier molecular flexibility index (Phi) is 6.61. The lowest BCUT2D eigenvalue weighted by molar-refractivity contribution is -0.138. The SMILES string of the molecule is COc1cccc2c1n(Cc1ccccc1C(F)(F)F)c(=O)n2C1CCN(c2c(C)ccnc2C#N)CC1. The average Bonchev–Trinajstić information content (AvgIpc) is 3.19. The van der Waals surface area contributed by atoms with Gasteiger partial charge in [0.2, 0.25) is 0 Å². The molecular formula is C28H26F3N5O2. The largest absolute Gasteiger partial charge is 0.494 e. The Morgan fingerprint density at radius 1 is 1.11 bits per heavy atom. The highest BCUT2D eigenvalue weighted by Crippen LogP contribution is 2.35. The third-order valence-electron chi connectivity index (χ3n) is 7.19. The van der Waals surface area contributed by atoms with Crippen molar-refractivity contribution in [1.29, 1.82) is 5.26 Å². The van der Waals surface area contributed by atoms with E-state index in [1.165, 1.54) is 29.9 Å². The van der Waals surface area contributed by atoms with Crippen LogP contribution in [0.4, 0.5) is 18.9 Å². The molecule has 3 heterocycles. The van der Waals surface area contributed by atoms with E-state index in [1.807, 2.05) is 13.0 Å². The number of halogens is 3. The highest BCUT2D eigenvalue weighted by Gasteiger charge is 2.34. The Hall–Kier alpha value is -4.26. The van der Waals surface area contributed by atoms with E-state index < -0.39 is 11.7 Å². The Morgan fingerprint density at radius 3 is 2.53 bits per heavy atom. The third kappa shape index (κ3) is 4.38. The second-order valence-corrected chi connectivity index (χ2v) is 9.38. The maximum absolute atomic E-state index is 13.8. The third-order valence-corrected chi connectivity index (χ3v) is 7.19. The molecule has 5 rings (SSSR count). The Morgan fingerprint density at radius 2 is 1.84 bits per heavy atom. The minimum Gasteiger partial charge on any atom is -0.494 e. The highest BCUT2D eigenvalue weighted by atomic mass is 19.4. The lowest BCUT2D eigenvalue weighted by atomic mass is 10.0. The van der Waals surface area contributed by atoms with Crippen molar-refractivity contribution in [2.24, 2.45) is 0 Å². The van der Waals surface area contributed by atoms with Crippen molar-refractivity contribution in [2.75, 3.05) is 25.1 Å². The number of piperidine rings is 1. The Bertz CT molecular complexity index is 1590. The van der Waals surface area contributed by atoms with Gasteiger partial charge in [0, 0.05) is 25.3 Å². The van der Waals surface area contributed by atoms with Crippen LogP contribution in [0.2, 0.25) is 0 Å². The second-order valence-electron chi connectivity index (χ2n) is 9.38. The summed E-state index contributed by atoms with van der Waals surface area (Å²) < 4.78 is 49.8. The zero-order valence-electron chi connectivity index (χ0n) is 21.0. The summed E-state index contributed by atoms with van der Waals surface area (Å²) in [6.45, 7) is 2.91. The number of aromatic nitrogens is 3. The van der Waals surface area contributed by atoms with E-state index in [4.69, 9.17) is 4.74 Å². The van der Waals surface area contributed by atoms with Gasteiger partial charge in [-0.2, -0.15) is 18.4 Å². The summed E-state index contributed by atoms with van der Waals surface area (Å²) in [5.74, 6) is 0.421. The van der Waals surface area contributed by atoms with Gasteiger partial charge in [-0.25, -0.2) is 9.78 Å². The van der Waals surface area contributed by atoms with Gasteiger partial charge in [-0.05, 0) is 55.2 Å². The van der Waals surface area contributed by atoms with Crippen molar-refractivity contribution >= 4 is 16.7 Å². The highest BCUT2D eigenvalue weighted by molar-refractivity contribution is 5.83. The molecule has 10 heteroatoms. The fourth-order valence-corrected chi connectivity index (χ4v) is 5.45. The number of hydrogen-bond acceptors (Lipinski definition) is 5. The second kappa shape index (κ2) is 9.89. The van der Waals surface area contributed by atoms with Crippen LogP contribution in [0.1, 0.15) is 41.3 Å². The molecule has 196 valence electrons. The van der Waals surface area contributed by atoms with Gasteiger partial charge in [-0.3, -0.25) is 9.13 Å². The number of nitrogens with zero attached hydrogens (tertiary/aromatic N) is 5. The van der Waals surface area contributed by atoms with Crippen LogP contribution in [-0.4, -0.2) is 34.3 Å². The van der Waals surface area contributed by atoms with Crippen LogP contribution < -0.4 is 15.3 Å². The monoisotopic (exact) mass is 521 g/mol. The summed E-state index contributed by atoms with van der Waals surface area (Å²) in [7, 11) is 1.48. The molecule has 0 amide bonds. The molecule has 4 aromatic rings. The molecule has 0 atom stereocenters. The number of fused-ring (bicyclic) bond motifs is 1. The summed E-state index contributed by atoms with van der Waals surface area (Å²) in [5, 5.41) is 9.53. The van der Waals surface area contributed by atoms with E-state index in [9.17, 15) is 23.2 Å². The van der Waals surface area contributed by atoms with Crippen molar-refractivity contribution in [3.05, 3.63) is 87.6 Å². The lowest BCUT2D eigenvalue weighted by Crippen LogP contribution is -2.38. The number of benzene rings is 2. The molecule has 0 radical (unpaired) electrons. The van der Waals surface area contributed by atoms with E-state index in [0.29, 0.717) is 48.4 Å². The Labute approximate surface area is 217 Å². The topological polar surface area (TPSA) is 76.1 Å². The molecule has 1 fully saturated rings. The molecule has 1 aliphatic heterocycles. The maximum Gasteiger partial charge on any atom is 0.416 e. The van der Waals surface area contributed by atoms with Crippen LogP contribution in [-0.2, 0) is 12.7 Å². The summed E-state index contributed by atoms with van der Waals surface area (Å²) in [4.78, 5) is 20.2. The minimum atomic E-state index is -4.54. The van der Waals surface area contributed by atoms with Crippen molar-refractivity contribution < 1.29 is 17.9 Å². The molecule has 0 unspecified atom stereocenters. The zero-order chi connectivity index (χ0) is 27.0. The summed E-state index contributed by atoms with van der Waals surface area (Å²) in [6, 6.07) is 14.4. The average molecular weight is 522 g/mol. The van der Waals surface area contributed by atoms with Gasteiger partial charge in [-0.15, -0.1) is 0 Å². The molecule has 38 heavy (non-hydrogen) atoms. The molecule has 0 N–H and O–H groups in total. The first kappa shape index (κ1) is 25.4. The van der Waals surface area contributed by atoms with Crippen molar-refractivity contribution in [1.82, 2.24) is 14.1 Å². The zero-order valence-corrected chi connectivity index (χ0v) is 21.0. The summed E-state index contributed by atoms with van der Waals surface area (Å²) >= 11 is 0. The lowest BCUT2D eigenvalue weighted by Gasteiger charge is -2.35. The molecule has 0 spiro atoms. The number of alkyl halides is 3. The number of para-hydroxylation sites is 1. The van der Waals surface area contributed by atoms with E-state index in [2.05, 4.69) is 16.0 Å². The number of rotatable bonds is 5. The first-order valence-electron chi connectivity index (χ1n) is 12.3. The number of pyridine rings is 1. The first-order valence-corrected chi connectivity index (χ1v) is 12.3. The number of methoxy groups -OCH3 is 1. The van der Waals surface area contributed by atoms with Crippen LogP contribution in [0.3, 0.4) is 0 Å². The van der Waals surface area contributed by atoms with Gasteiger partial charge in [0.15, 0.2) is 5.69 Å². The van der Waals surface area contributed by atoms with Crippen LogP contribution in [0.15, 0.2) is 59.5 Å². The minimum absolute atomic E-state index is 0.0120. The molecule has 7 nitrogen and oxygen atoms in total. The van der Waals surface area contributed by atoms with Crippen LogP contribution in [0, 0.1) is 18.3 Å². The molecule has 0 bridgehead atoms. The van der Waals surface area contributed by atoms with E-state index in [1.54, 1.807) is 29.0 Å². The fraction of sp³-hybridized carbons (Fsp3) is 0.321. The van der Waals surface area contributed by atoms with Crippen LogP contribution in [0.5, 0.6) is 5.75 Å². The van der Waals surface area contributed by atoms with Crippen molar-refractivity contribution in [2.45, 2.75) is 38.5 Å². The molecular weight excluding hydrogens is 495 g/mol. The van der Waals surface area contributed by atoms with Gasteiger partial charge in [0.05, 0.1) is 30.4 Å². The van der Waals surface area contributed by atoms with Crippen LogP contribution in [0.25, 0.3) is 11.0 Å². The van der Waals surface area contributed by atoms with Crippen molar-refractivity contribution in [3.8, 4) is 11.8 Å². The van der Waals surface area contributed by atoms with Crippen molar-refractivity contribution in [3.63, 3.8) is 0 Å². The molecule has 0 saturated carbocycles.